The van der Waals surface area contributed by atoms with Crippen molar-refractivity contribution >= 4 is 40.0 Å². The van der Waals surface area contributed by atoms with Gasteiger partial charge in [0, 0.05) is 19.1 Å². The molecule has 1 saturated carbocycles. The summed E-state index contributed by atoms with van der Waals surface area (Å²) in [5, 5.41) is 11.6. The lowest BCUT2D eigenvalue weighted by Gasteiger charge is -2.10. The second-order valence-corrected chi connectivity index (χ2v) is 6.68. The van der Waals surface area contributed by atoms with Crippen molar-refractivity contribution in [1.82, 2.24) is 10.6 Å². The summed E-state index contributed by atoms with van der Waals surface area (Å²) in [4.78, 5) is 4.65. The van der Waals surface area contributed by atoms with Crippen LogP contribution in [-0.2, 0) is 16.4 Å². The first-order chi connectivity index (χ1) is 9.99. The minimum absolute atomic E-state index is 0. The van der Waals surface area contributed by atoms with E-state index in [0.717, 1.165) is 24.5 Å². The van der Waals surface area contributed by atoms with E-state index in [9.17, 15) is 8.42 Å². The van der Waals surface area contributed by atoms with Gasteiger partial charge >= 0.3 is 0 Å². The van der Waals surface area contributed by atoms with Gasteiger partial charge in [0.2, 0.25) is 10.0 Å². The first-order valence-corrected chi connectivity index (χ1v) is 8.70. The third kappa shape index (κ3) is 6.49. The molecule has 2 rings (SSSR count). The summed E-state index contributed by atoms with van der Waals surface area (Å²) in [5.41, 5.74) is 1.04. The third-order valence-corrected chi connectivity index (χ3v) is 4.11. The summed E-state index contributed by atoms with van der Waals surface area (Å²) in [7, 11) is -3.61. The predicted molar refractivity (Wildman–Crippen MR) is 99.1 cm³/mol. The van der Waals surface area contributed by atoms with E-state index in [1.54, 1.807) is 12.1 Å². The lowest BCUT2D eigenvalue weighted by molar-refractivity contribution is 0.598. The number of nitrogens with two attached hydrogens (primary N) is 1. The molecule has 4 N–H and O–H groups in total. The second-order valence-electron chi connectivity index (χ2n) is 5.12. The Morgan fingerprint density at radius 3 is 2.45 bits per heavy atom. The van der Waals surface area contributed by atoms with Crippen molar-refractivity contribution in [2.45, 2.75) is 37.1 Å². The number of hydrogen-bond donors (Lipinski definition) is 3. The van der Waals surface area contributed by atoms with Crippen LogP contribution in [0, 0.1) is 0 Å². The Morgan fingerprint density at radius 2 is 1.95 bits per heavy atom. The van der Waals surface area contributed by atoms with E-state index >= 15 is 0 Å². The molecule has 1 fully saturated rings. The van der Waals surface area contributed by atoms with Crippen molar-refractivity contribution in [2.75, 3.05) is 13.1 Å². The lowest BCUT2D eigenvalue weighted by atomic mass is 10.1. The molecule has 0 radical (unpaired) electrons. The fraction of sp³-hybridized carbons (Fsp3) is 0.500. The molecule has 0 atom stereocenters. The van der Waals surface area contributed by atoms with Crippen LogP contribution >= 0.6 is 24.0 Å². The Kier molecular flexibility index (Phi) is 7.57. The summed E-state index contributed by atoms with van der Waals surface area (Å²) in [6.45, 7) is 3.52. The van der Waals surface area contributed by atoms with E-state index in [4.69, 9.17) is 5.14 Å². The number of sulfonamides is 1. The minimum Gasteiger partial charge on any atom is -0.357 e. The molecule has 0 amide bonds. The van der Waals surface area contributed by atoms with Crippen LogP contribution in [0.2, 0.25) is 0 Å². The number of primary sulfonamides is 1. The topological polar surface area (TPSA) is 96.6 Å². The van der Waals surface area contributed by atoms with Crippen molar-refractivity contribution in [3.63, 3.8) is 0 Å². The molecule has 0 heterocycles. The molecular formula is C14H23IN4O2S. The van der Waals surface area contributed by atoms with Gasteiger partial charge in [-0.05, 0) is 43.9 Å². The Balaban J connectivity index is 0.00000242. The standard InChI is InChI=1S/C14H22N4O2S.HI/c1-2-16-14(18-12-5-6-12)17-10-9-11-3-7-13(8-4-11)21(15,19)20;/h3-4,7-8,12H,2,5-6,9-10H2,1H3,(H2,15,19,20)(H2,16,17,18);1H. The first kappa shape index (κ1) is 19.2. The molecular weight excluding hydrogens is 415 g/mol. The molecule has 0 unspecified atom stereocenters. The van der Waals surface area contributed by atoms with Gasteiger partial charge in [-0.3, -0.25) is 4.99 Å². The fourth-order valence-electron chi connectivity index (χ4n) is 1.88. The molecule has 0 aromatic heterocycles. The number of benzene rings is 1. The van der Waals surface area contributed by atoms with Gasteiger partial charge in [-0.2, -0.15) is 0 Å². The van der Waals surface area contributed by atoms with Gasteiger partial charge in [-0.1, -0.05) is 12.1 Å². The SMILES string of the molecule is CCNC(=NCCc1ccc(S(N)(=O)=O)cc1)NC1CC1.I. The van der Waals surface area contributed by atoms with Gasteiger partial charge in [0.15, 0.2) is 5.96 Å². The molecule has 8 heteroatoms. The van der Waals surface area contributed by atoms with Gasteiger partial charge in [-0.25, -0.2) is 13.6 Å². The van der Waals surface area contributed by atoms with E-state index in [-0.39, 0.29) is 28.9 Å². The number of nitrogens with zero attached hydrogens (tertiary/aromatic N) is 1. The highest BCUT2D eigenvalue weighted by atomic mass is 127. The van der Waals surface area contributed by atoms with Crippen molar-refractivity contribution in [3.05, 3.63) is 29.8 Å². The summed E-state index contributed by atoms with van der Waals surface area (Å²) in [6, 6.07) is 7.17. The first-order valence-electron chi connectivity index (χ1n) is 7.15. The van der Waals surface area contributed by atoms with Gasteiger partial charge in [0.05, 0.1) is 4.90 Å². The maximum atomic E-state index is 11.2. The summed E-state index contributed by atoms with van der Waals surface area (Å²) < 4.78 is 22.3. The quantitative estimate of drug-likeness (QED) is 0.354. The van der Waals surface area contributed by atoms with E-state index in [0.29, 0.717) is 12.6 Å². The van der Waals surface area contributed by atoms with Gasteiger partial charge in [0.25, 0.3) is 0 Å². The number of hydrogen-bond acceptors (Lipinski definition) is 3. The van der Waals surface area contributed by atoms with Crippen LogP contribution in [0.15, 0.2) is 34.2 Å². The molecule has 0 spiro atoms. The normalized spacial score (nSPS) is 15.1. The maximum Gasteiger partial charge on any atom is 0.238 e. The molecule has 1 aromatic rings. The molecule has 6 nitrogen and oxygen atoms in total. The zero-order valence-corrected chi connectivity index (χ0v) is 15.7. The summed E-state index contributed by atoms with van der Waals surface area (Å²) in [6.07, 6.45) is 3.17. The van der Waals surface area contributed by atoms with Gasteiger partial charge in [-0.15, -0.1) is 24.0 Å². The molecule has 124 valence electrons. The van der Waals surface area contributed by atoms with E-state index in [2.05, 4.69) is 15.6 Å². The van der Waals surface area contributed by atoms with E-state index < -0.39 is 10.0 Å². The highest BCUT2D eigenvalue weighted by Gasteiger charge is 2.21. The molecule has 22 heavy (non-hydrogen) atoms. The maximum absolute atomic E-state index is 11.2. The van der Waals surface area contributed by atoms with Crippen LogP contribution in [0.4, 0.5) is 0 Å². The molecule has 0 aliphatic heterocycles. The molecule has 0 saturated heterocycles. The lowest BCUT2D eigenvalue weighted by Crippen LogP contribution is -2.38. The molecule has 1 aliphatic rings. The average molecular weight is 438 g/mol. The third-order valence-electron chi connectivity index (χ3n) is 3.18. The monoisotopic (exact) mass is 438 g/mol. The Hall–Kier alpha value is -0.870. The zero-order valence-electron chi connectivity index (χ0n) is 12.6. The number of rotatable bonds is 6. The van der Waals surface area contributed by atoms with Gasteiger partial charge in [0.1, 0.15) is 0 Å². The number of guanidine groups is 1. The largest absolute Gasteiger partial charge is 0.357 e. The van der Waals surface area contributed by atoms with Crippen LogP contribution < -0.4 is 15.8 Å². The van der Waals surface area contributed by atoms with Crippen molar-refractivity contribution in [2.24, 2.45) is 10.1 Å². The van der Waals surface area contributed by atoms with Crippen molar-refractivity contribution < 1.29 is 8.42 Å². The van der Waals surface area contributed by atoms with Crippen molar-refractivity contribution in [1.29, 1.82) is 0 Å². The minimum atomic E-state index is -3.61. The second kappa shape index (κ2) is 8.68. The predicted octanol–water partition coefficient (Wildman–Crippen LogP) is 1.21. The van der Waals surface area contributed by atoms with Crippen molar-refractivity contribution in [3.8, 4) is 0 Å². The summed E-state index contributed by atoms with van der Waals surface area (Å²) >= 11 is 0. The number of halogens is 1. The molecule has 1 aromatic carbocycles. The number of aliphatic imine (C=N–C) groups is 1. The smallest absolute Gasteiger partial charge is 0.238 e. The highest BCUT2D eigenvalue weighted by molar-refractivity contribution is 14.0. The van der Waals surface area contributed by atoms with Crippen LogP contribution in [0.5, 0.6) is 0 Å². The van der Waals surface area contributed by atoms with Crippen LogP contribution in [-0.4, -0.2) is 33.5 Å². The van der Waals surface area contributed by atoms with Gasteiger partial charge < -0.3 is 10.6 Å². The Morgan fingerprint density at radius 1 is 1.32 bits per heavy atom. The summed E-state index contributed by atoms with van der Waals surface area (Å²) in [5.74, 6) is 0.848. The average Bonchev–Trinajstić information content (AvgIpc) is 3.22. The van der Waals surface area contributed by atoms with Crippen LogP contribution in [0.25, 0.3) is 0 Å². The Bertz CT molecular complexity index is 598. The van der Waals surface area contributed by atoms with Crippen LogP contribution in [0.3, 0.4) is 0 Å². The van der Waals surface area contributed by atoms with E-state index in [1.807, 2.05) is 6.92 Å². The fourth-order valence-corrected chi connectivity index (χ4v) is 2.40. The number of nitrogens with one attached hydrogen (secondary N) is 2. The molecule has 0 bridgehead atoms. The zero-order chi connectivity index (χ0) is 15.3. The van der Waals surface area contributed by atoms with Crippen LogP contribution in [0.1, 0.15) is 25.3 Å². The highest BCUT2D eigenvalue weighted by Crippen LogP contribution is 2.18. The molecule has 1 aliphatic carbocycles. The van der Waals surface area contributed by atoms with E-state index in [1.165, 1.54) is 25.0 Å². The Labute approximate surface area is 149 Å².